The highest BCUT2D eigenvalue weighted by molar-refractivity contribution is 6.40. The maximum Gasteiger partial charge on any atom is 0.267 e. The molecular weight excluding hydrogens is 378 g/mol. The van der Waals surface area contributed by atoms with Crippen molar-refractivity contribution in [3.63, 3.8) is 0 Å². The lowest BCUT2D eigenvalue weighted by Crippen LogP contribution is -2.35. The normalized spacial score (nSPS) is 16.9. The van der Waals surface area contributed by atoms with Crippen LogP contribution in [0.3, 0.4) is 0 Å². The van der Waals surface area contributed by atoms with Gasteiger partial charge in [-0.25, -0.2) is 0 Å². The zero-order valence-corrected chi connectivity index (χ0v) is 16.7. The van der Waals surface area contributed by atoms with Crippen LogP contribution < -0.4 is 10.3 Å². The van der Waals surface area contributed by atoms with Gasteiger partial charge in [-0.3, -0.25) is 14.6 Å². The van der Waals surface area contributed by atoms with Crippen molar-refractivity contribution in [2.24, 2.45) is 5.10 Å². The maximum atomic E-state index is 12.6. The number of hydrogen-bond acceptors (Lipinski definition) is 5. The van der Waals surface area contributed by atoms with Crippen LogP contribution in [-0.4, -0.2) is 35.1 Å². The van der Waals surface area contributed by atoms with E-state index in [4.69, 9.17) is 0 Å². The van der Waals surface area contributed by atoms with Crippen LogP contribution in [0.1, 0.15) is 25.0 Å². The Labute approximate surface area is 174 Å². The first-order valence-corrected chi connectivity index (χ1v) is 9.90. The van der Waals surface area contributed by atoms with Crippen LogP contribution in [0.4, 0.5) is 5.69 Å². The standard InChI is InChI=1S/C24H23N3O3/c1-16(28)22-14-21(26-27(22)20-9-3-2-4-10-20)24(30)25-15-23(29)19-12-11-17-7-5-6-8-18(17)13-19/h2-13,22-23,29H,14-15H2,1H3,(H,25,30). The van der Waals surface area contributed by atoms with E-state index in [9.17, 15) is 14.7 Å². The van der Waals surface area contributed by atoms with Gasteiger partial charge in [-0.15, -0.1) is 0 Å². The fraction of sp³-hybridized carbons (Fsp3) is 0.208. The van der Waals surface area contributed by atoms with E-state index < -0.39 is 12.1 Å². The minimum Gasteiger partial charge on any atom is -0.387 e. The molecule has 0 bridgehead atoms. The first-order valence-electron chi connectivity index (χ1n) is 9.90. The topological polar surface area (TPSA) is 82.0 Å². The van der Waals surface area contributed by atoms with E-state index in [1.165, 1.54) is 6.92 Å². The largest absolute Gasteiger partial charge is 0.387 e. The molecule has 1 amide bonds. The summed E-state index contributed by atoms with van der Waals surface area (Å²) >= 11 is 0. The highest BCUT2D eigenvalue weighted by Gasteiger charge is 2.34. The number of amides is 1. The van der Waals surface area contributed by atoms with Crippen molar-refractivity contribution in [2.75, 3.05) is 11.6 Å². The van der Waals surface area contributed by atoms with Crippen LogP contribution in [0.5, 0.6) is 0 Å². The second-order valence-corrected chi connectivity index (χ2v) is 7.39. The van der Waals surface area contributed by atoms with Gasteiger partial charge in [0.05, 0.1) is 11.8 Å². The second-order valence-electron chi connectivity index (χ2n) is 7.39. The highest BCUT2D eigenvalue weighted by Crippen LogP contribution is 2.25. The SMILES string of the molecule is CC(=O)C1CC(C(=O)NCC(O)c2ccc3ccccc3c2)=NN1c1ccccc1. The lowest BCUT2D eigenvalue weighted by molar-refractivity contribution is -0.118. The van der Waals surface area contributed by atoms with E-state index in [2.05, 4.69) is 10.4 Å². The molecule has 3 aromatic rings. The Morgan fingerprint density at radius 1 is 1.07 bits per heavy atom. The molecule has 2 atom stereocenters. The van der Waals surface area contributed by atoms with E-state index in [-0.39, 0.29) is 30.4 Å². The monoisotopic (exact) mass is 401 g/mol. The van der Waals surface area contributed by atoms with Gasteiger partial charge in [0.2, 0.25) is 0 Å². The molecule has 0 saturated carbocycles. The molecule has 0 radical (unpaired) electrons. The lowest BCUT2D eigenvalue weighted by Gasteiger charge is -2.20. The molecule has 3 aromatic carbocycles. The van der Waals surface area contributed by atoms with E-state index >= 15 is 0 Å². The maximum absolute atomic E-state index is 12.6. The average molecular weight is 401 g/mol. The molecule has 0 aromatic heterocycles. The highest BCUT2D eigenvalue weighted by atomic mass is 16.3. The number of carbonyl (C=O) groups is 2. The van der Waals surface area contributed by atoms with Gasteiger partial charge < -0.3 is 10.4 Å². The van der Waals surface area contributed by atoms with Crippen molar-refractivity contribution >= 4 is 33.9 Å². The molecule has 4 rings (SSSR count). The molecule has 0 aliphatic carbocycles. The minimum atomic E-state index is -0.839. The van der Waals surface area contributed by atoms with Crippen LogP contribution in [0.25, 0.3) is 10.8 Å². The quantitative estimate of drug-likeness (QED) is 0.665. The third-order valence-corrected chi connectivity index (χ3v) is 5.28. The number of benzene rings is 3. The number of Topliss-reactive ketones (excluding diaryl/α,β-unsaturated/α-hetero) is 1. The van der Waals surface area contributed by atoms with E-state index in [1.54, 1.807) is 5.01 Å². The number of hydrazone groups is 1. The van der Waals surface area contributed by atoms with Gasteiger partial charge in [0.15, 0.2) is 5.78 Å². The lowest BCUT2D eigenvalue weighted by atomic mass is 10.0. The molecule has 152 valence electrons. The summed E-state index contributed by atoms with van der Waals surface area (Å²) in [5, 5.41) is 21.4. The van der Waals surface area contributed by atoms with Gasteiger partial charge >= 0.3 is 0 Å². The Morgan fingerprint density at radius 3 is 2.50 bits per heavy atom. The van der Waals surface area contributed by atoms with Crippen LogP contribution in [-0.2, 0) is 9.59 Å². The summed E-state index contributed by atoms with van der Waals surface area (Å²) in [6, 6.07) is 22.4. The predicted octanol–water partition coefficient (Wildman–Crippen LogP) is 3.21. The number of ketones is 1. The summed E-state index contributed by atoms with van der Waals surface area (Å²) in [5.74, 6) is -0.430. The number of aliphatic hydroxyl groups is 1. The van der Waals surface area contributed by atoms with E-state index in [0.29, 0.717) is 0 Å². The first-order chi connectivity index (χ1) is 14.5. The molecule has 30 heavy (non-hydrogen) atoms. The number of aliphatic hydroxyl groups excluding tert-OH is 1. The molecule has 6 nitrogen and oxygen atoms in total. The second kappa shape index (κ2) is 8.47. The number of nitrogens with one attached hydrogen (secondary N) is 1. The Morgan fingerprint density at radius 2 is 1.77 bits per heavy atom. The van der Waals surface area contributed by atoms with E-state index in [1.807, 2.05) is 72.8 Å². The summed E-state index contributed by atoms with van der Waals surface area (Å²) in [5.41, 5.74) is 1.77. The van der Waals surface area contributed by atoms with Gasteiger partial charge in [0.25, 0.3) is 5.91 Å². The van der Waals surface area contributed by atoms with Gasteiger partial charge in [-0.05, 0) is 41.5 Å². The summed E-state index contributed by atoms with van der Waals surface area (Å²) < 4.78 is 0. The average Bonchev–Trinajstić information content (AvgIpc) is 3.23. The van der Waals surface area contributed by atoms with Gasteiger partial charge in [-0.2, -0.15) is 5.10 Å². The molecule has 0 fully saturated rings. The van der Waals surface area contributed by atoms with E-state index in [0.717, 1.165) is 22.0 Å². The van der Waals surface area contributed by atoms with Gasteiger partial charge in [0, 0.05) is 13.0 Å². The zero-order valence-electron chi connectivity index (χ0n) is 16.7. The Hall–Kier alpha value is -3.51. The number of hydrogen-bond donors (Lipinski definition) is 2. The molecule has 1 heterocycles. The molecule has 0 spiro atoms. The number of para-hydroxylation sites is 1. The minimum absolute atomic E-state index is 0.0541. The molecule has 2 unspecified atom stereocenters. The Bertz CT molecular complexity index is 1110. The van der Waals surface area contributed by atoms with Crippen molar-refractivity contribution in [3.8, 4) is 0 Å². The molecule has 1 aliphatic heterocycles. The van der Waals surface area contributed by atoms with Crippen molar-refractivity contribution in [3.05, 3.63) is 78.4 Å². The number of anilines is 1. The Kier molecular flexibility index (Phi) is 5.59. The van der Waals surface area contributed by atoms with Crippen LogP contribution in [0.2, 0.25) is 0 Å². The van der Waals surface area contributed by atoms with Crippen LogP contribution in [0.15, 0.2) is 77.9 Å². The first kappa shape index (κ1) is 19.8. The molecular formula is C24H23N3O3. The van der Waals surface area contributed by atoms with Crippen LogP contribution >= 0.6 is 0 Å². The Balaban J connectivity index is 1.44. The molecule has 6 heteroatoms. The van der Waals surface area contributed by atoms with Gasteiger partial charge in [0.1, 0.15) is 11.8 Å². The van der Waals surface area contributed by atoms with Crippen molar-refractivity contribution < 1.29 is 14.7 Å². The number of rotatable bonds is 6. The summed E-state index contributed by atoms with van der Waals surface area (Å²) in [6.07, 6.45) is -0.600. The van der Waals surface area contributed by atoms with Crippen LogP contribution in [0, 0.1) is 0 Å². The number of carbonyl (C=O) groups excluding carboxylic acids is 2. The summed E-state index contributed by atoms with van der Waals surface area (Å²) in [6.45, 7) is 1.56. The fourth-order valence-corrected chi connectivity index (χ4v) is 3.61. The molecule has 2 N–H and O–H groups in total. The number of nitrogens with zero attached hydrogens (tertiary/aromatic N) is 2. The smallest absolute Gasteiger partial charge is 0.267 e. The third-order valence-electron chi connectivity index (χ3n) is 5.28. The fourth-order valence-electron chi connectivity index (χ4n) is 3.61. The zero-order chi connectivity index (χ0) is 21.1. The van der Waals surface area contributed by atoms with Gasteiger partial charge in [-0.1, -0.05) is 54.6 Å². The third kappa shape index (κ3) is 4.09. The van der Waals surface area contributed by atoms with Crippen molar-refractivity contribution in [1.29, 1.82) is 0 Å². The van der Waals surface area contributed by atoms with Crippen molar-refractivity contribution in [2.45, 2.75) is 25.5 Å². The summed E-state index contributed by atoms with van der Waals surface area (Å²) in [7, 11) is 0. The molecule has 0 saturated heterocycles. The predicted molar refractivity (Wildman–Crippen MR) is 117 cm³/mol. The number of fused-ring (bicyclic) bond motifs is 1. The van der Waals surface area contributed by atoms with Crippen molar-refractivity contribution in [1.82, 2.24) is 5.32 Å². The summed E-state index contributed by atoms with van der Waals surface area (Å²) in [4.78, 5) is 24.7. The molecule has 1 aliphatic rings.